The summed E-state index contributed by atoms with van der Waals surface area (Å²) in [5.74, 6) is -1.40. The van der Waals surface area contributed by atoms with Crippen LogP contribution in [0, 0.1) is 6.92 Å². The first-order chi connectivity index (χ1) is 18.8. The number of para-hydroxylation sites is 1. The lowest BCUT2D eigenvalue weighted by atomic mass is 9.90. The van der Waals surface area contributed by atoms with Gasteiger partial charge in [0.05, 0.1) is 25.3 Å². The van der Waals surface area contributed by atoms with Crippen molar-refractivity contribution in [2.24, 2.45) is 0 Å². The summed E-state index contributed by atoms with van der Waals surface area (Å²) in [5, 5.41) is 0.678. The van der Waals surface area contributed by atoms with Crippen molar-refractivity contribution in [1.82, 2.24) is 9.55 Å². The van der Waals surface area contributed by atoms with E-state index in [9.17, 15) is 14.4 Å². The molecule has 0 N–H and O–H groups in total. The molecule has 0 saturated carbocycles. The third-order valence-corrected chi connectivity index (χ3v) is 6.92. The molecule has 0 amide bonds. The minimum atomic E-state index is -0.828. The highest BCUT2D eigenvalue weighted by atomic mass is 16.5. The molecule has 0 saturated heterocycles. The molecule has 0 aliphatic carbocycles. The van der Waals surface area contributed by atoms with Gasteiger partial charge in [-0.2, -0.15) is 0 Å². The van der Waals surface area contributed by atoms with E-state index in [2.05, 4.69) is 13.8 Å². The van der Waals surface area contributed by atoms with Gasteiger partial charge in [-0.3, -0.25) is 9.36 Å². The number of carbonyl (C=O) groups is 3. The topological polar surface area (TPSA) is 87.5 Å². The number of fused-ring (bicyclic) bond motifs is 3. The van der Waals surface area contributed by atoms with Gasteiger partial charge in [0.25, 0.3) is 0 Å². The predicted octanol–water partition coefficient (Wildman–Crippen LogP) is 6.37. The first kappa shape index (κ1) is 25.9. The molecular formula is C32H28N2O5. The quantitative estimate of drug-likeness (QED) is 0.191. The van der Waals surface area contributed by atoms with Crippen LogP contribution in [-0.2, 0) is 9.47 Å². The number of rotatable bonds is 6. The van der Waals surface area contributed by atoms with Crippen LogP contribution in [0.2, 0.25) is 0 Å². The molecule has 39 heavy (non-hydrogen) atoms. The molecule has 5 rings (SSSR count). The third kappa shape index (κ3) is 4.36. The number of methoxy groups -OCH3 is 2. The number of ether oxygens (including phenoxy) is 2. The number of hydrogen-bond donors (Lipinski definition) is 0. The molecule has 0 fully saturated rings. The van der Waals surface area contributed by atoms with Gasteiger partial charge in [-0.15, -0.1) is 0 Å². The Morgan fingerprint density at radius 2 is 1.44 bits per heavy atom. The van der Waals surface area contributed by atoms with E-state index in [4.69, 9.17) is 14.5 Å². The Hall–Kier alpha value is -4.78. The lowest BCUT2D eigenvalue weighted by Gasteiger charge is -2.23. The minimum Gasteiger partial charge on any atom is -0.465 e. The summed E-state index contributed by atoms with van der Waals surface area (Å²) in [5.41, 5.74) is 3.87. The standard InChI is InChI=1S/C32H28N2O5/c1-18(2)20-14-16-22(17-15-20)34-28(32(37)39-5)27(31(36)38-4)26(29(35)21-12-10-19(3)11-13-21)25-23-8-6-7-9-24(23)33-30(25)34/h6-18H,1-5H3. The number of nitrogens with zero attached hydrogens (tertiary/aromatic N) is 2. The highest BCUT2D eigenvalue weighted by molar-refractivity contribution is 6.23. The number of ketones is 1. The molecule has 2 aliphatic heterocycles. The normalized spacial score (nSPS) is 11.2. The first-order valence-electron chi connectivity index (χ1n) is 12.6. The maximum absolute atomic E-state index is 14.2. The van der Waals surface area contributed by atoms with Crippen molar-refractivity contribution in [1.29, 1.82) is 0 Å². The lowest BCUT2D eigenvalue weighted by Crippen LogP contribution is -2.26. The number of hydrogen-bond acceptors (Lipinski definition) is 6. The zero-order valence-corrected chi connectivity index (χ0v) is 22.4. The van der Waals surface area contributed by atoms with E-state index < -0.39 is 17.7 Å². The summed E-state index contributed by atoms with van der Waals surface area (Å²) in [7, 11) is 2.45. The fourth-order valence-corrected chi connectivity index (χ4v) is 4.87. The molecule has 7 heteroatoms. The molecular weight excluding hydrogens is 492 g/mol. The molecule has 3 aromatic carbocycles. The Bertz CT molecular complexity index is 1700. The maximum Gasteiger partial charge on any atom is 0.356 e. The van der Waals surface area contributed by atoms with Crippen molar-refractivity contribution >= 4 is 28.6 Å². The molecule has 0 radical (unpaired) electrons. The molecule has 0 aromatic heterocycles. The molecule has 0 atom stereocenters. The van der Waals surface area contributed by atoms with Gasteiger partial charge >= 0.3 is 11.9 Å². The maximum atomic E-state index is 14.2. The number of esters is 2. The van der Waals surface area contributed by atoms with Crippen LogP contribution in [0.4, 0.5) is 0 Å². The van der Waals surface area contributed by atoms with Gasteiger partial charge < -0.3 is 9.47 Å². The van der Waals surface area contributed by atoms with E-state index in [-0.39, 0.29) is 16.8 Å². The van der Waals surface area contributed by atoms with Crippen molar-refractivity contribution < 1.29 is 23.9 Å². The fraction of sp³-hybridized carbons (Fsp3) is 0.188. The molecule has 3 aromatic rings. The predicted molar refractivity (Wildman–Crippen MR) is 149 cm³/mol. The van der Waals surface area contributed by atoms with Gasteiger partial charge in [-0.25, -0.2) is 14.6 Å². The van der Waals surface area contributed by atoms with Crippen molar-refractivity contribution in [3.63, 3.8) is 0 Å². The Kier molecular flexibility index (Phi) is 6.74. The Labute approximate surface area is 226 Å². The monoisotopic (exact) mass is 520 g/mol. The number of aryl methyl sites for hydroxylation is 1. The minimum absolute atomic E-state index is 0.0462. The van der Waals surface area contributed by atoms with Crippen LogP contribution in [0.15, 0.2) is 72.8 Å². The largest absolute Gasteiger partial charge is 0.465 e. The molecule has 196 valence electrons. The summed E-state index contributed by atoms with van der Waals surface area (Å²) in [6, 6.07) is 22.1. The Morgan fingerprint density at radius 1 is 0.795 bits per heavy atom. The molecule has 2 heterocycles. The van der Waals surface area contributed by atoms with Crippen LogP contribution in [0.25, 0.3) is 28.0 Å². The van der Waals surface area contributed by atoms with Crippen molar-refractivity contribution in [3.05, 3.63) is 106 Å². The van der Waals surface area contributed by atoms with E-state index in [1.54, 1.807) is 16.7 Å². The molecule has 7 nitrogen and oxygen atoms in total. The summed E-state index contributed by atoms with van der Waals surface area (Å²) >= 11 is 0. The van der Waals surface area contributed by atoms with Gasteiger partial charge in [-0.05, 0) is 36.6 Å². The van der Waals surface area contributed by atoms with E-state index in [1.165, 1.54) is 14.2 Å². The summed E-state index contributed by atoms with van der Waals surface area (Å²) < 4.78 is 11.9. The van der Waals surface area contributed by atoms with Gasteiger partial charge in [0.15, 0.2) is 5.78 Å². The van der Waals surface area contributed by atoms with Crippen molar-refractivity contribution in [3.8, 4) is 17.1 Å². The third-order valence-electron chi connectivity index (χ3n) is 6.92. The highest BCUT2D eigenvalue weighted by Gasteiger charge is 2.37. The van der Waals surface area contributed by atoms with Crippen LogP contribution in [0.5, 0.6) is 0 Å². The molecule has 0 unspecified atom stereocenters. The van der Waals surface area contributed by atoms with Crippen LogP contribution in [0.3, 0.4) is 0 Å². The van der Waals surface area contributed by atoms with E-state index in [1.807, 2.05) is 67.6 Å². The summed E-state index contributed by atoms with van der Waals surface area (Å²) in [4.78, 5) is 46.0. The lowest BCUT2D eigenvalue weighted by molar-refractivity contribution is 0.0545. The van der Waals surface area contributed by atoms with Crippen LogP contribution < -0.4 is 0 Å². The average Bonchev–Trinajstić information content (AvgIpc) is 3.34. The number of carbonyl (C=O) groups excluding carboxylic acids is 3. The van der Waals surface area contributed by atoms with E-state index in [0.717, 1.165) is 11.1 Å². The van der Waals surface area contributed by atoms with Crippen LogP contribution in [-0.4, -0.2) is 41.5 Å². The number of pyridine rings is 1. The second-order valence-electron chi connectivity index (χ2n) is 9.69. The zero-order valence-electron chi connectivity index (χ0n) is 22.4. The second-order valence-corrected chi connectivity index (χ2v) is 9.69. The SMILES string of the molecule is COC(=O)c1c(C(=O)c2ccc(C)cc2)c2c3ccccc3nc-2n(-c2ccc(C(C)C)cc2)c1C(=O)OC. The molecule has 0 spiro atoms. The average molecular weight is 521 g/mol. The highest BCUT2D eigenvalue weighted by Crippen LogP contribution is 2.41. The zero-order chi connectivity index (χ0) is 27.8. The Morgan fingerprint density at radius 3 is 2.05 bits per heavy atom. The summed E-state index contributed by atoms with van der Waals surface area (Å²) in [6.07, 6.45) is 0. The summed E-state index contributed by atoms with van der Waals surface area (Å²) in [6.45, 7) is 6.10. The van der Waals surface area contributed by atoms with E-state index >= 15 is 0 Å². The Balaban J connectivity index is 1.99. The van der Waals surface area contributed by atoms with E-state index in [0.29, 0.717) is 39.5 Å². The van der Waals surface area contributed by atoms with Crippen molar-refractivity contribution in [2.45, 2.75) is 26.7 Å². The molecule has 0 bridgehead atoms. The van der Waals surface area contributed by atoms with Gasteiger partial charge in [0, 0.05) is 22.2 Å². The van der Waals surface area contributed by atoms with Crippen LogP contribution >= 0.6 is 0 Å². The van der Waals surface area contributed by atoms with Gasteiger partial charge in [0.2, 0.25) is 0 Å². The molecule has 2 aliphatic rings. The van der Waals surface area contributed by atoms with Crippen molar-refractivity contribution in [2.75, 3.05) is 14.2 Å². The number of aromatic nitrogens is 2. The second kappa shape index (κ2) is 10.2. The van der Waals surface area contributed by atoms with Gasteiger partial charge in [0.1, 0.15) is 17.1 Å². The number of benzene rings is 3. The van der Waals surface area contributed by atoms with Gasteiger partial charge in [-0.1, -0.05) is 74.0 Å². The smallest absolute Gasteiger partial charge is 0.356 e. The fourth-order valence-electron chi connectivity index (χ4n) is 4.87. The van der Waals surface area contributed by atoms with Crippen LogP contribution in [0.1, 0.15) is 67.7 Å². The first-order valence-corrected chi connectivity index (χ1v) is 12.6.